The number of carbonyl (C=O) groups excluding carboxylic acids is 4. The van der Waals surface area contributed by atoms with E-state index in [2.05, 4.69) is 34.6 Å². The second-order valence-electron chi connectivity index (χ2n) is 32.9. The molecule has 6 atom stereocenters. The lowest BCUT2D eigenvalue weighted by molar-refractivity contribution is -0.161. The fraction of sp³-hybridized carbons (Fsp3) is 0.956. The average molecular weight is 1610 g/mol. The number of unbranched alkanes of at least 4 members (excludes halogenated alkanes) is 62. The molecule has 110 heavy (non-hydrogen) atoms. The van der Waals surface area contributed by atoms with Gasteiger partial charge in [-0.25, -0.2) is 9.13 Å². The summed E-state index contributed by atoms with van der Waals surface area (Å²) in [5, 5.41) is 10.7. The second-order valence-corrected chi connectivity index (χ2v) is 35.8. The molecular formula is C91H178O17P2. The van der Waals surface area contributed by atoms with Gasteiger partial charge in [0.15, 0.2) is 12.2 Å². The lowest BCUT2D eigenvalue weighted by Crippen LogP contribution is -2.30. The minimum Gasteiger partial charge on any atom is -0.462 e. The molecule has 17 nitrogen and oxygen atoms in total. The Hall–Kier alpha value is -1.94. The Morgan fingerprint density at radius 2 is 0.436 bits per heavy atom. The van der Waals surface area contributed by atoms with E-state index >= 15 is 0 Å². The summed E-state index contributed by atoms with van der Waals surface area (Å²) in [6, 6.07) is 0. The lowest BCUT2D eigenvalue weighted by atomic mass is 10.00. The first-order chi connectivity index (χ1) is 53.6. The zero-order valence-corrected chi connectivity index (χ0v) is 74.2. The predicted molar refractivity (Wildman–Crippen MR) is 455 cm³/mol. The van der Waals surface area contributed by atoms with Gasteiger partial charge in [0.05, 0.1) is 26.4 Å². The molecule has 0 aliphatic carbocycles. The van der Waals surface area contributed by atoms with Crippen LogP contribution in [0.4, 0.5) is 0 Å². The molecule has 0 aromatic heterocycles. The van der Waals surface area contributed by atoms with Gasteiger partial charge in [0.1, 0.15) is 19.3 Å². The van der Waals surface area contributed by atoms with Crippen LogP contribution >= 0.6 is 15.6 Å². The molecule has 0 amide bonds. The van der Waals surface area contributed by atoms with Crippen molar-refractivity contribution in [1.82, 2.24) is 0 Å². The molecule has 0 aliphatic rings. The maximum atomic E-state index is 13.2. The van der Waals surface area contributed by atoms with Crippen LogP contribution in [0.3, 0.4) is 0 Å². The minimum absolute atomic E-state index is 0.108. The van der Waals surface area contributed by atoms with E-state index in [1.807, 2.05) is 0 Å². The number of esters is 4. The summed E-state index contributed by atoms with van der Waals surface area (Å²) in [4.78, 5) is 73.4. The van der Waals surface area contributed by atoms with Crippen LogP contribution in [0.2, 0.25) is 0 Å². The highest BCUT2D eigenvalue weighted by molar-refractivity contribution is 7.47. The van der Waals surface area contributed by atoms with Crippen LogP contribution in [0, 0.1) is 5.92 Å². The zero-order chi connectivity index (χ0) is 80.4. The molecule has 0 spiro atoms. The molecule has 0 fully saturated rings. The van der Waals surface area contributed by atoms with Crippen LogP contribution in [0.15, 0.2) is 0 Å². The number of hydrogen-bond acceptors (Lipinski definition) is 15. The highest BCUT2D eigenvalue weighted by atomic mass is 31.2. The molecule has 0 saturated carbocycles. The third-order valence-corrected chi connectivity index (χ3v) is 23.8. The molecule has 0 aromatic rings. The van der Waals surface area contributed by atoms with Crippen LogP contribution < -0.4 is 0 Å². The molecule has 0 rings (SSSR count). The van der Waals surface area contributed by atoms with Gasteiger partial charge in [-0.3, -0.25) is 37.3 Å². The Bertz CT molecular complexity index is 2080. The quantitative estimate of drug-likeness (QED) is 0.0222. The highest BCUT2D eigenvalue weighted by Crippen LogP contribution is 2.45. The van der Waals surface area contributed by atoms with Gasteiger partial charge >= 0.3 is 39.5 Å². The molecule has 3 unspecified atom stereocenters. The number of phosphoric acid groups is 2. The van der Waals surface area contributed by atoms with Crippen LogP contribution in [0.5, 0.6) is 0 Å². The summed E-state index contributed by atoms with van der Waals surface area (Å²) < 4.78 is 69.0. The third kappa shape index (κ3) is 82.6. The molecule has 0 aromatic carbocycles. The highest BCUT2D eigenvalue weighted by Gasteiger charge is 2.31. The fourth-order valence-corrected chi connectivity index (χ4v) is 15.9. The SMILES string of the molecule is CCCCCCCCCCCCCCCCCCCCCCCCC(=O)OC[C@H](COP(=O)(O)OC[C@@H](O)COP(=O)(O)OC[C@@H](COC(=O)CCCCCCCCC(C)CC)OC(=O)CCCCCCCCCCCCCCCCCC)OC(=O)CCCCCCCCCCCCCCCCCCCCCCCC. The van der Waals surface area contributed by atoms with Crippen molar-refractivity contribution >= 4 is 39.5 Å². The Morgan fingerprint density at radius 1 is 0.255 bits per heavy atom. The van der Waals surface area contributed by atoms with Crippen LogP contribution in [0.1, 0.15) is 497 Å². The number of aliphatic hydroxyl groups excluding tert-OH is 1. The Labute approximate surface area is 677 Å². The van der Waals surface area contributed by atoms with Crippen molar-refractivity contribution in [3.63, 3.8) is 0 Å². The lowest BCUT2D eigenvalue weighted by Gasteiger charge is -2.21. The van der Waals surface area contributed by atoms with Crippen LogP contribution in [-0.2, 0) is 65.4 Å². The van der Waals surface area contributed by atoms with Crippen LogP contribution in [0.25, 0.3) is 0 Å². The molecule has 0 aliphatic heterocycles. The van der Waals surface area contributed by atoms with Gasteiger partial charge in [-0.2, -0.15) is 0 Å². The topological polar surface area (TPSA) is 237 Å². The van der Waals surface area contributed by atoms with Gasteiger partial charge in [0, 0.05) is 25.7 Å². The molecule has 654 valence electrons. The van der Waals surface area contributed by atoms with E-state index in [1.54, 1.807) is 0 Å². The largest absolute Gasteiger partial charge is 0.472 e. The first-order valence-electron chi connectivity index (χ1n) is 47.2. The smallest absolute Gasteiger partial charge is 0.462 e. The van der Waals surface area contributed by atoms with Crippen molar-refractivity contribution in [2.45, 2.75) is 515 Å². The summed E-state index contributed by atoms with van der Waals surface area (Å²) in [7, 11) is -9.93. The second kappa shape index (κ2) is 83.5. The summed E-state index contributed by atoms with van der Waals surface area (Å²) in [5.74, 6) is -1.37. The van der Waals surface area contributed by atoms with E-state index < -0.39 is 97.5 Å². The summed E-state index contributed by atoms with van der Waals surface area (Å²) in [6.07, 6.45) is 79.5. The van der Waals surface area contributed by atoms with Crippen molar-refractivity contribution in [1.29, 1.82) is 0 Å². The molecule has 3 N–H and O–H groups in total. The first kappa shape index (κ1) is 108. The van der Waals surface area contributed by atoms with Gasteiger partial charge in [-0.1, -0.05) is 446 Å². The van der Waals surface area contributed by atoms with E-state index in [4.69, 9.17) is 37.0 Å². The maximum Gasteiger partial charge on any atom is 0.472 e. The number of phosphoric ester groups is 2. The van der Waals surface area contributed by atoms with Gasteiger partial charge in [0.25, 0.3) is 0 Å². The van der Waals surface area contributed by atoms with Crippen molar-refractivity contribution in [2.75, 3.05) is 39.6 Å². The predicted octanol–water partition coefficient (Wildman–Crippen LogP) is 28.3. The molecule has 0 heterocycles. The third-order valence-electron chi connectivity index (χ3n) is 21.9. The van der Waals surface area contributed by atoms with Gasteiger partial charge < -0.3 is 33.8 Å². The normalized spacial score (nSPS) is 13.9. The van der Waals surface area contributed by atoms with Crippen LogP contribution in [-0.4, -0.2) is 96.7 Å². The zero-order valence-electron chi connectivity index (χ0n) is 72.4. The molecule has 0 bridgehead atoms. The minimum atomic E-state index is -4.97. The molecular weight excluding hydrogens is 1430 g/mol. The van der Waals surface area contributed by atoms with Gasteiger partial charge in [0.2, 0.25) is 0 Å². The molecule has 0 saturated heterocycles. The molecule has 19 heteroatoms. The van der Waals surface area contributed by atoms with E-state index in [-0.39, 0.29) is 25.7 Å². The van der Waals surface area contributed by atoms with Crippen molar-refractivity contribution in [2.24, 2.45) is 5.92 Å². The monoisotopic (exact) mass is 1610 g/mol. The maximum absolute atomic E-state index is 13.2. The van der Waals surface area contributed by atoms with Crippen molar-refractivity contribution in [3.8, 4) is 0 Å². The van der Waals surface area contributed by atoms with Gasteiger partial charge in [-0.15, -0.1) is 0 Å². The average Bonchev–Trinajstić information content (AvgIpc) is 0.900. The van der Waals surface area contributed by atoms with E-state index in [0.717, 1.165) is 102 Å². The van der Waals surface area contributed by atoms with E-state index in [9.17, 15) is 43.2 Å². The summed E-state index contributed by atoms with van der Waals surface area (Å²) >= 11 is 0. The summed E-state index contributed by atoms with van der Waals surface area (Å²) in [6.45, 7) is 7.35. The number of rotatable bonds is 91. The summed E-state index contributed by atoms with van der Waals surface area (Å²) in [5.41, 5.74) is 0. The number of ether oxygens (including phenoxy) is 4. The number of aliphatic hydroxyl groups is 1. The number of hydrogen-bond donors (Lipinski definition) is 3. The first-order valence-corrected chi connectivity index (χ1v) is 50.2. The molecule has 0 radical (unpaired) electrons. The Balaban J connectivity index is 5.20. The Kier molecular flexibility index (Phi) is 82.1. The van der Waals surface area contributed by atoms with Crippen molar-refractivity contribution < 1.29 is 80.2 Å². The fourth-order valence-electron chi connectivity index (χ4n) is 14.3. The van der Waals surface area contributed by atoms with E-state index in [1.165, 1.54) is 315 Å². The van der Waals surface area contributed by atoms with Gasteiger partial charge in [-0.05, 0) is 31.6 Å². The Morgan fingerprint density at radius 3 is 0.645 bits per heavy atom. The standard InChI is InChI=1S/C91H178O17P2/c1-6-10-13-16-19-22-25-28-31-34-36-38-40-42-44-47-49-52-55-58-64-69-74-88(93)101-80-86(107-90(95)76-72-67-60-57-54-51-48-45-43-41-39-37-35-32-29-26-23-20-17-14-11-7-2)82-105-109(97,98)103-78-85(92)79-104-110(99,100)106-83-87(81-102-89(94)75-70-65-62-61-63-68-73-84(5)9-4)108-91(96)77-71-66-59-56-53-50-46-33-30-27-24-21-18-15-12-8-3/h84-87,92H,6-83H2,1-5H3,(H,97,98)(H,99,100)/t84?,85-,86-,87-/m1/s1. The van der Waals surface area contributed by atoms with E-state index in [0.29, 0.717) is 25.7 Å². The van der Waals surface area contributed by atoms with Crippen molar-refractivity contribution in [3.05, 3.63) is 0 Å². The number of carbonyl (C=O) groups is 4.